The van der Waals surface area contributed by atoms with Crippen LogP contribution in [0, 0.1) is 0 Å². The Balaban J connectivity index is 1.48. The fourth-order valence-corrected chi connectivity index (χ4v) is 5.17. The average molecular weight is 448 g/mol. The molecule has 1 amide bonds. The summed E-state index contributed by atoms with van der Waals surface area (Å²) in [4.78, 5) is 17.0. The number of amides is 1. The van der Waals surface area contributed by atoms with E-state index in [2.05, 4.69) is 44.1 Å². The van der Waals surface area contributed by atoms with Gasteiger partial charge in [-0.15, -0.1) is 0 Å². The van der Waals surface area contributed by atoms with Crippen LogP contribution in [0.5, 0.6) is 0 Å². The predicted octanol–water partition coefficient (Wildman–Crippen LogP) is 4.08. The number of piperidine rings is 1. The van der Waals surface area contributed by atoms with Crippen molar-refractivity contribution in [2.24, 2.45) is 0 Å². The summed E-state index contributed by atoms with van der Waals surface area (Å²) < 4.78 is 12.1. The van der Waals surface area contributed by atoms with Crippen molar-refractivity contribution in [3.05, 3.63) is 35.9 Å². The fraction of sp³-hybridized carbons (Fsp3) is 0.708. The minimum Gasteiger partial charge on any atom is -0.445 e. The number of likely N-dealkylation sites (tertiary alicyclic amines) is 1. The second kappa shape index (κ2) is 10.5. The summed E-state index contributed by atoms with van der Waals surface area (Å²) in [6, 6.07) is 10.8. The molecule has 2 aliphatic rings. The summed E-state index contributed by atoms with van der Waals surface area (Å²) in [7, 11) is -1.75. The highest BCUT2D eigenvalue weighted by Crippen LogP contribution is 2.36. The van der Waals surface area contributed by atoms with Crippen molar-refractivity contribution in [2.75, 3.05) is 39.3 Å². The Labute approximate surface area is 189 Å². The summed E-state index contributed by atoms with van der Waals surface area (Å²) in [6.45, 7) is 17.2. The largest absolute Gasteiger partial charge is 0.445 e. The molecule has 0 aromatic heterocycles. The molecule has 0 saturated carbocycles. The molecule has 6 nitrogen and oxygen atoms in total. The van der Waals surface area contributed by atoms with Crippen LogP contribution in [0.25, 0.3) is 0 Å². The van der Waals surface area contributed by atoms with E-state index >= 15 is 0 Å². The molecule has 0 aliphatic carbocycles. The molecule has 1 aromatic rings. The molecule has 1 N–H and O–H groups in total. The van der Waals surface area contributed by atoms with Crippen LogP contribution in [0.3, 0.4) is 0 Å². The fourth-order valence-electron chi connectivity index (χ4n) is 4.12. The zero-order valence-electron chi connectivity index (χ0n) is 20.0. The number of nitrogens with one attached hydrogen (secondary N) is 1. The highest BCUT2D eigenvalue weighted by molar-refractivity contribution is 6.74. The Hall–Kier alpha value is -1.41. The zero-order chi connectivity index (χ0) is 22.5. The summed E-state index contributed by atoms with van der Waals surface area (Å²) in [5.74, 6) is 0. The molecule has 2 saturated heterocycles. The average Bonchev–Trinajstić information content (AvgIpc) is 2.76. The van der Waals surface area contributed by atoms with Gasteiger partial charge in [0.1, 0.15) is 6.61 Å². The van der Waals surface area contributed by atoms with E-state index < -0.39 is 8.32 Å². The molecule has 2 fully saturated rings. The molecular formula is C24H41N3O3Si. The lowest BCUT2D eigenvalue weighted by atomic mass is 10.0. The SMILES string of the molecule is CC(C)(C)[Si](C)(C)OC[C@H]1CNCCN1C1CCN(C(=O)OCc2ccccc2)CC1. The molecule has 3 rings (SSSR count). The summed E-state index contributed by atoms with van der Waals surface area (Å²) in [6.07, 6.45) is 1.80. The number of rotatable bonds is 6. The van der Waals surface area contributed by atoms with E-state index in [-0.39, 0.29) is 11.1 Å². The van der Waals surface area contributed by atoms with E-state index in [1.807, 2.05) is 35.2 Å². The molecule has 0 bridgehead atoms. The van der Waals surface area contributed by atoms with E-state index in [1.54, 1.807) is 0 Å². The smallest absolute Gasteiger partial charge is 0.410 e. The van der Waals surface area contributed by atoms with E-state index in [4.69, 9.17) is 9.16 Å². The first-order chi connectivity index (χ1) is 14.7. The number of hydrogen-bond donors (Lipinski definition) is 1. The Morgan fingerprint density at radius 3 is 2.45 bits per heavy atom. The van der Waals surface area contributed by atoms with Gasteiger partial charge < -0.3 is 19.4 Å². The lowest BCUT2D eigenvalue weighted by Gasteiger charge is -2.46. The van der Waals surface area contributed by atoms with Gasteiger partial charge in [-0.2, -0.15) is 0 Å². The van der Waals surface area contributed by atoms with Crippen LogP contribution in [0.15, 0.2) is 30.3 Å². The molecular weight excluding hydrogens is 406 g/mol. The molecule has 0 spiro atoms. The maximum absolute atomic E-state index is 12.5. The number of carbonyl (C=O) groups is 1. The van der Waals surface area contributed by atoms with E-state index in [0.717, 1.165) is 57.7 Å². The molecule has 174 valence electrons. The topological polar surface area (TPSA) is 54.0 Å². The monoisotopic (exact) mass is 447 g/mol. The Bertz CT molecular complexity index is 700. The van der Waals surface area contributed by atoms with Gasteiger partial charge in [0.15, 0.2) is 8.32 Å². The third-order valence-corrected chi connectivity index (χ3v) is 11.7. The third kappa shape index (κ3) is 6.54. The number of nitrogens with zero attached hydrogens (tertiary/aromatic N) is 2. The van der Waals surface area contributed by atoms with Crippen molar-refractivity contribution >= 4 is 14.4 Å². The number of piperazine rings is 1. The first-order valence-electron chi connectivity index (χ1n) is 11.7. The van der Waals surface area contributed by atoms with Crippen molar-refractivity contribution in [1.82, 2.24) is 15.1 Å². The molecule has 1 atom stereocenters. The highest BCUT2D eigenvalue weighted by Gasteiger charge is 2.39. The molecule has 2 aliphatic heterocycles. The summed E-state index contributed by atoms with van der Waals surface area (Å²) >= 11 is 0. The Kier molecular flexibility index (Phi) is 8.18. The van der Waals surface area contributed by atoms with E-state index in [1.165, 1.54) is 0 Å². The Morgan fingerprint density at radius 2 is 1.81 bits per heavy atom. The van der Waals surface area contributed by atoms with Gasteiger partial charge in [0.2, 0.25) is 0 Å². The Morgan fingerprint density at radius 1 is 1.13 bits per heavy atom. The minimum absolute atomic E-state index is 0.194. The first kappa shape index (κ1) is 24.2. The molecule has 31 heavy (non-hydrogen) atoms. The van der Waals surface area contributed by atoms with E-state index in [0.29, 0.717) is 18.7 Å². The normalized spacial score (nSPS) is 21.8. The molecule has 7 heteroatoms. The number of carbonyl (C=O) groups excluding carboxylic acids is 1. The third-order valence-electron chi connectivity index (χ3n) is 7.24. The number of hydrogen-bond acceptors (Lipinski definition) is 5. The van der Waals surface area contributed by atoms with Crippen LogP contribution in [-0.4, -0.2) is 75.6 Å². The second-order valence-corrected chi connectivity index (χ2v) is 15.2. The van der Waals surface area contributed by atoms with Crippen LogP contribution in [0.4, 0.5) is 4.79 Å². The predicted molar refractivity (Wildman–Crippen MR) is 128 cm³/mol. The highest BCUT2D eigenvalue weighted by atomic mass is 28.4. The van der Waals surface area contributed by atoms with Crippen LogP contribution in [0.1, 0.15) is 39.2 Å². The van der Waals surface area contributed by atoms with Gasteiger partial charge in [0.05, 0.1) is 6.61 Å². The number of ether oxygens (including phenoxy) is 1. The van der Waals surface area contributed by atoms with Gasteiger partial charge in [-0.3, -0.25) is 4.90 Å². The van der Waals surface area contributed by atoms with E-state index in [9.17, 15) is 4.79 Å². The van der Waals surface area contributed by atoms with Crippen molar-refractivity contribution < 1.29 is 14.0 Å². The van der Waals surface area contributed by atoms with Gasteiger partial charge in [-0.25, -0.2) is 4.79 Å². The van der Waals surface area contributed by atoms with Crippen LogP contribution in [-0.2, 0) is 15.8 Å². The summed E-state index contributed by atoms with van der Waals surface area (Å²) in [5.41, 5.74) is 1.02. The maximum Gasteiger partial charge on any atom is 0.410 e. The van der Waals surface area contributed by atoms with Gasteiger partial charge in [-0.05, 0) is 36.5 Å². The van der Waals surface area contributed by atoms with Gasteiger partial charge in [0.25, 0.3) is 0 Å². The minimum atomic E-state index is -1.75. The van der Waals surface area contributed by atoms with Crippen molar-refractivity contribution in [1.29, 1.82) is 0 Å². The molecule has 0 radical (unpaired) electrons. The standard InChI is InChI=1S/C24H41N3O3Si/c1-24(2,3)31(4,5)30-19-22-17-25-13-16-27(22)21-11-14-26(15-12-21)23(28)29-18-20-9-7-6-8-10-20/h6-10,21-22,25H,11-19H2,1-5H3/t22-/m1/s1. The zero-order valence-corrected chi connectivity index (χ0v) is 21.0. The van der Waals surface area contributed by atoms with Crippen molar-refractivity contribution in [3.8, 4) is 0 Å². The van der Waals surface area contributed by atoms with Crippen molar-refractivity contribution in [3.63, 3.8) is 0 Å². The van der Waals surface area contributed by atoms with Crippen LogP contribution >= 0.6 is 0 Å². The van der Waals surface area contributed by atoms with Crippen molar-refractivity contribution in [2.45, 2.75) is 70.4 Å². The van der Waals surface area contributed by atoms with Gasteiger partial charge in [-0.1, -0.05) is 51.1 Å². The molecule has 0 unspecified atom stereocenters. The van der Waals surface area contributed by atoms with Gasteiger partial charge in [0, 0.05) is 44.8 Å². The molecule has 2 heterocycles. The quantitative estimate of drug-likeness (QED) is 0.666. The molecule has 1 aromatic carbocycles. The maximum atomic E-state index is 12.5. The first-order valence-corrected chi connectivity index (χ1v) is 14.6. The van der Waals surface area contributed by atoms with Gasteiger partial charge >= 0.3 is 6.09 Å². The second-order valence-electron chi connectivity index (χ2n) is 10.4. The summed E-state index contributed by atoms with van der Waals surface area (Å²) in [5, 5.41) is 3.77. The van der Waals surface area contributed by atoms with Crippen LogP contribution < -0.4 is 5.32 Å². The lowest BCUT2D eigenvalue weighted by molar-refractivity contribution is 0.0287. The lowest BCUT2D eigenvalue weighted by Crippen LogP contribution is -2.60. The number of benzene rings is 1. The van der Waals surface area contributed by atoms with Crippen LogP contribution in [0.2, 0.25) is 18.1 Å².